The van der Waals surface area contributed by atoms with Crippen LogP contribution < -0.4 is 0 Å². The van der Waals surface area contributed by atoms with E-state index in [1.165, 1.54) is 37.9 Å². The van der Waals surface area contributed by atoms with Gasteiger partial charge in [0.2, 0.25) is 0 Å². The zero-order valence-corrected chi connectivity index (χ0v) is 13.2. The molecule has 1 aliphatic heterocycles. The number of piperidine rings is 1. The topological polar surface area (TPSA) is 3.24 Å². The molecular formula is C17H27NS. The van der Waals surface area contributed by atoms with E-state index in [9.17, 15) is 0 Å². The molecule has 2 heteroatoms. The Hall–Kier alpha value is -0.470. The maximum atomic E-state index is 4.55. The highest BCUT2D eigenvalue weighted by molar-refractivity contribution is 7.80. The minimum absolute atomic E-state index is 0.565. The van der Waals surface area contributed by atoms with E-state index in [1.807, 2.05) is 0 Å². The molecule has 1 nitrogen and oxygen atoms in total. The first-order chi connectivity index (χ1) is 9.17. The summed E-state index contributed by atoms with van der Waals surface area (Å²) < 4.78 is 0. The van der Waals surface area contributed by atoms with Gasteiger partial charge in [0.15, 0.2) is 0 Å². The molecule has 2 rings (SSSR count). The van der Waals surface area contributed by atoms with E-state index in [0.29, 0.717) is 11.3 Å². The van der Waals surface area contributed by atoms with Crippen LogP contribution in [0.25, 0.3) is 0 Å². The minimum Gasteiger partial charge on any atom is -0.303 e. The van der Waals surface area contributed by atoms with Crippen LogP contribution >= 0.6 is 12.6 Å². The smallest absolute Gasteiger partial charge is 0.00581 e. The van der Waals surface area contributed by atoms with E-state index in [4.69, 9.17) is 0 Å². The van der Waals surface area contributed by atoms with Gasteiger partial charge in [-0.05, 0) is 42.7 Å². The Morgan fingerprint density at radius 1 is 1.21 bits per heavy atom. The lowest BCUT2D eigenvalue weighted by Crippen LogP contribution is -2.40. The Balaban J connectivity index is 1.91. The van der Waals surface area contributed by atoms with E-state index in [1.54, 1.807) is 0 Å². The van der Waals surface area contributed by atoms with E-state index in [-0.39, 0.29) is 0 Å². The molecule has 1 heterocycles. The molecule has 1 aromatic carbocycles. The van der Waals surface area contributed by atoms with Gasteiger partial charge in [-0.1, -0.05) is 50.6 Å². The molecule has 1 atom stereocenters. The molecular weight excluding hydrogens is 250 g/mol. The summed E-state index contributed by atoms with van der Waals surface area (Å²) in [6.45, 7) is 8.43. The summed E-state index contributed by atoms with van der Waals surface area (Å²) in [7, 11) is 0. The molecule has 0 aromatic heterocycles. The fourth-order valence-electron chi connectivity index (χ4n) is 2.93. The minimum atomic E-state index is 0.565. The third-order valence-corrected chi connectivity index (χ3v) is 5.33. The van der Waals surface area contributed by atoms with Crippen molar-refractivity contribution < 1.29 is 0 Å². The summed E-state index contributed by atoms with van der Waals surface area (Å²) in [6.07, 6.45) is 4.00. The van der Waals surface area contributed by atoms with Crippen molar-refractivity contribution >= 4 is 12.6 Å². The van der Waals surface area contributed by atoms with Crippen molar-refractivity contribution in [1.29, 1.82) is 0 Å². The maximum absolute atomic E-state index is 4.55. The highest BCUT2D eigenvalue weighted by Crippen LogP contribution is 2.34. The summed E-state index contributed by atoms with van der Waals surface area (Å²) in [5.41, 5.74) is 2.01. The number of likely N-dealkylation sites (tertiary alicyclic amines) is 1. The monoisotopic (exact) mass is 277 g/mol. The van der Waals surface area contributed by atoms with Gasteiger partial charge in [-0.15, -0.1) is 0 Å². The molecule has 1 fully saturated rings. The Bertz CT molecular complexity index is 368. The second-order valence-corrected chi connectivity index (χ2v) is 6.62. The number of hydrogen-bond acceptors (Lipinski definition) is 2. The Kier molecular flexibility index (Phi) is 5.35. The zero-order chi connectivity index (χ0) is 13.7. The largest absolute Gasteiger partial charge is 0.303 e. The van der Waals surface area contributed by atoms with Gasteiger partial charge in [-0.3, -0.25) is 0 Å². The first-order valence-corrected chi connectivity index (χ1v) is 8.18. The Labute approximate surface area is 123 Å². The molecule has 106 valence electrons. The first-order valence-electron chi connectivity index (χ1n) is 7.55. The third-order valence-electron chi connectivity index (χ3n) is 4.89. The van der Waals surface area contributed by atoms with Crippen LogP contribution in [-0.2, 0) is 0 Å². The average molecular weight is 277 g/mol. The summed E-state index contributed by atoms with van der Waals surface area (Å²) in [5, 5.41) is 0. The van der Waals surface area contributed by atoms with Crippen LogP contribution in [-0.4, -0.2) is 30.3 Å². The number of hydrogen-bond donors (Lipinski definition) is 1. The van der Waals surface area contributed by atoms with Crippen LogP contribution in [0.15, 0.2) is 30.3 Å². The van der Waals surface area contributed by atoms with Gasteiger partial charge in [-0.25, -0.2) is 0 Å². The van der Waals surface area contributed by atoms with E-state index in [2.05, 4.69) is 61.7 Å². The summed E-state index contributed by atoms with van der Waals surface area (Å²) >= 11 is 4.55. The molecule has 1 aromatic rings. The lowest BCUT2D eigenvalue weighted by molar-refractivity contribution is 0.111. The molecule has 1 saturated heterocycles. The fourth-order valence-corrected chi connectivity index (χ4v) is 3.26. The standard InChI is InChI=1S/C17H27NS/c1-3-17(2)9-11-18(12-10-17)13-16(14-19)15-7-5-4-6-8-15/h4-8,16,19H,3,9-14H2,1-2H3. The molecule has 0 amide bonds. The normalized spacial score (nSPS) is 21.2. The Morgan fingerprint density at radius 3 is 2.37 bits per heavy atom. The first kappa shape index (κ1) is 14.9. The van der Waals surface area contributed by atoms with E-state index in [0.717, 1.165) is 12.3 Å². The van der Waals surface area contributed by atoms with Gasteiger partial charge < -0.3 is 4.90 Å². The van der Waals surface area contributed by atoms with Crippen LogP contribution in [0.2, 0.25) is 0 Å². The average Bonchev–Trinajstić information content (AvgIpc) is 2.48. The van der Waals surface area contributed by atoms with Crippen molar-refractivity contribution in [2.24, 2.45) is 5.41 Å². The van der Waals surface area contributed by atoms with Gasteiger partial charge in [0.25, 0.3) is 0 Å². The van der Waals surface area contributed by atoms with Crippen molar-refractivity contribution in [1.82, 2.24) is 4.90 Å². The van der Waals surface area contributed by atoms with Crippen LogP contribution in [0.3, 0.4) is 0 Å². The molecule has 0 N–H and O–H groups in total. The van der Waals surface area contributed by atoms with E-state index >= 15 is 0 Å². The molecule has 0 aliphatic carbocycles. The molecule has 0 saturated carbocycles. The van der Waals surface area contributed by atoms with Crippen LogP contribution in [0, 0.1) is 5.41 Å². The van der Waals surface area contributed by atoms with Gasteiger partial charge in [0.1, 0.15) is 0 Å². The predicted octanol–water partition coefficient (Wildman–Crippen LogP) is 4.21. The second-order valence-electron chi connectivity index (χ2n) is 6.26. The predicted molar refractivity (Wildman–Crippen MR) is 87.1 cm³/mol. The van der Waals surface area contributed by atoms with Gasteiger partial charge in [0.05, 0.1) is 0 Å². The van der Waals surface area contributed by atoms with Gasteiger partial charge in [0, 0.05) is 12.5 Å². The maximum Gasteiger partial charge on any atom is 0.00581 e. The zero-order valence-electron chi connectivity index (χ0n) is 12.3. The lowest BCUT2D eigenvalue weighted by Gasteiger charge is -2.40. The van der Waals surface area contributed by atoms with Crippen molar-refractivity contribution in [2.75, 3.05) is 25.4 Å². The molecule has 0 spiro atoms. The SMILES string of the molecule is CCC1(C)CCN(CC(CS)c2ccccc2)CC1. The van der Waals surface area contributed by atoms with Crippen LogP contribution in [0.4, 0.5) is 0 Å². The molecule has 19 heavy (non-hydrogen) atoms. The van der Waals surface area contributed by atoms with Crippen molar-refractivity contribution in [2.45, 2.75) is 39.0 Å². The van der Waals surface area contributed by atoms with Crippen LogP contribution in [0.5, 0.6) is 0 Å². The number of rotatable bonds is 5. The molecule has 0 bridgehead atoms. The van der Waals surface area contributed by atoms with Gasteiger partial charge in [-0.2, -0.15) is 12.6 Å². The van der Waals surface area contributed by atoms with E-state index < -0.39 is 0 Å². The quantitative estimate of drug-likeness (QED) is 0.789. The highest BCUT2D eigenvalue weighted by Gasteiger charge is 2.29. The van der Waals surface area contributed by atoms with Crippen molar-refractivity contribution in [3.05, 3.63) is 35.9 Å². The second kappa shape index (κ2) is 6.81. The lowest BCUT2D eigenvalue weighted by atomic mass is 9.78. The van der Waals surface area contributed by atoms with Crippen molar-refractivity contribution in [3.63, 3.8) is 0 Å². The fraction of sp³-hybridized carbons (Fsp3) is 0.647. The Morgan fingerprint density at radius 2 is 1.84 bits per heavy atom. The molecule has 1 aliphatic rings. The molecule has 0 radical (unpaired) electrons. The summed E-state index contributed by atoms with van der Waals surface area (Å²) in [6, 6.07) is 10.8. The third kappa shape index (κ3) is 4.00. The molecule has 1 unspecified atom stereocenters. The number of benzene rings is 1. The summed E-state index contributed by atoms with van der Waals surface area (Å²) in [4.78, 5) is 2.63. The number of nitrogens with zero attached hydrogens (tertiary/aromatic N) is 1. The van der Waals surface area contributed by atoms with Crippen LogP contribution in [0.1, 0.15) is 44.6 Å². The summed E-state index contributed by atoms with van der Waals surface area (Å²) in [5.74, 6) is 1.50. The highest BCUT2D eigenvalue weighted by atomic mass is 32.1. The van der Waals surface area contributed by atoms with Gasteiger partial charge >= 0.3 is 0 Å². The van der Waals surface area contributed by atoms with Crippen molar-refractivity contribution in [3.8, 4) is 0 Å². The number of thiol groups is 1.